The first-order valence-electron chi connectivity index (χ1n) is 9.92. The molecule has 1 aliphatic carbocycles. The summed E-state index contributed by atoms with van der Waals surface area (Å²) in [5.74, 6) is 0. The van der Waals surface area contributed by atoms with Gasteiger partial charge in [0.1, 0.15) is 0 Å². The molecule has 1 aromatic heterocycles. The van der Waals surface area contributed by atoms with Gasteiger partial charge in [0.2, 0.25) is 0 Å². The van der Waals surface area contributed by atoms with Crippen LogP contribution in [0.4, 0.5) is 0 Å². The van der Waals surface area contributed by atoms with E-state index < -0.39 is 10.0 Å². The van der Waals surface area contributed by atoms with Gasteiger partial charge in [0.05, 0.1) is 16.1 Å². The van der Waals surface area contributed by atoms with Crippen LogP contribution in [-0.4, -0.2) is 24.6 Å². The van der Waals surface area contributed by atoms with Crippen molar-refractivity contribution in [3.63, 3.8) is 0 Å². The molecule has 0 N–H and O–H groups in total. The predicted octanol–water partition coefficient (Wildman–Crippen LogP) is 4.72. The second-order valence-corrected chi connectivity index (χ2v) is 10.1. The molecule has 2 aliphatic rings. The number of aryl methyl sites for hydroxylation is 1. The largest absolute Gasteiger partial charge is 0.288 e. The van der Waals surface area contributed by atoms with Crippen LogP contribution in [0.3, 0.4) is 0 Å². The normalized spacial score (nSPS) is 21.9. The maximum Gasteiger partial charge on any atom is 0.268 e. The van der Waals surface area contributed by atoms with Crippen LogP contribution in [0.2, 0.25) is 0 Å². The van der Waals surface area contributed by atoms with Crippen molar-refractivity contribution in [2.24, 2.45) is 10.4 Å². The highest BCUT2D eigenvalue weighted by Crippen LogP contribution is 2.45. The molecule has 144 valence electrons. The first-order chi connectivity index (χ1) is 13.4. The van der Waals surface area contributed by atoms with Gasteiger partial charge in [0.15, 0.2) is 0 Å². The summed E-state index contributed by atoms with van der Waals surface area (Å²) in [5, 5.41) is 1.000. The highest BCUT2D eigenvalue weighted by atomic mass is 32.2. The average molecular weight is 393 g/mol. The number of fused-ring (bicyclic) bond motifs is 5. The van der Waals surface area contributed by atoms with E-state index in [4.69, 9.17) is 4.99 Å². The molecule has 1 atom stereocenters. The molecule has 0 spiro atoms. The summed E-state index contributed by atoms with van der Waals surface area (Å²) in [7, 11) is -3.68. The quantitative estimate of drug-likeness (QED) is 0.633. The molecule has 0 bridgehead atoms. The van der Waals surface area contributed by atoms with Crippen molar-refractivity contribution in [1.29, 1.82) is 0 Å². The topological polar surface area (TPSA) is 51.4 Å². The molecule has 2 heterocycles. The zero-order chi connectivity index (χ0) is 19.5. The Hall–Kier alpha value is -2.40. The summed E-state index contributed by atoms with van der Waals surface area (Å²) in [5.41, 5.74) is 4.90. The highest BCUT2D eigenvalue weighted by Gasteiger charge is 2.42. The molecule has 5 heteroatoms. The van der Waals surface area contributed by atoms with Crippen molar-refractivity contribution in [1.82, 2.24) is 3.97 Å². The third-order valence-electron chi connectivity index (χ3n) is 6.36. The van der Waals surface area contributed by atoms with Crippen molar-refractivity contribution < 1.29 is 8.42 Å². The summed E-state index contributed by atoms with van der Waals surface area (Å²) >= 11 is 0. The molecule has 0 fully saturated rings. The molecule has 2 aromatic carbocycles. The average Bonchev–Trinajstić information content (AvgIpc) is 3.03. The maximum atomic E-state index is 13.7. The Kier molecular flexibility index (Phi) is 3.82. The molecule has 3 aromatic rings. The predicted molar refractivity (Wildman–Crippen MR) is 113 cm³/mol. The van der Waals surface area contributed by atoms with Crippen LogP contribution in [0.25, 0.3) is 10.9 Å². The molecule has 0 saturated carbocycles. The van der Waals surface area contributed by atoms with Gasteiger partial charge in [-0.2, -0.15) is 0 Å². The van der Waals surface area contributed by atoms with Crippen molar-refractivity contribution in [3.8, 4) is 0 Å². The summed E-state index contributed by atoms with van der Waals surface area (Å²) in [6, 6.07) is 15.0. The lowest BCUT2D eigenvalue weighted by molar-refractivity contribution is 0.360. The number of para-hydroxylation sites is 1. The van der Waals surface area contributed by atoms with Gasteiger partial charge in [0, 0.05) is 28.6 Å². The van der Waals surface area contributed by atoms with Crippen LogP contribution in [0, 0.1) is 12.3 Å². The lowest BCUT2D eigenvalue weighted by Gasteiger charge is -2.38. The van der Waals surface area contributed by atoms with E-state index in [0.29, 0.717) is 4.90 Å². The third-order valence-corrected chi connectivity index (χ3v) is 8.13. The summed E-state index contributed by atoms with van der Waals surface area (Å²) in [6.07, 6.45) is 3.92. The number of hydrogen-bond acceptors (Lipinski definition) is 3. The Labute approximate surface area is 166 Å². The molecule has 0 saturated heterocycles. The zero-order valence-corrected chi connectivity index (χ0v) is 17.1. The Bertz CT molecular complexity index is 1220. The fourth-order valence-corrected chi connectivity index (χ4v) is 6.42. The van der Waals surface area contributed by atoms with Gasteiger partial charge in [-0.15, -0.1) is 0 Å². The molecule has 0 amide bonds. The zero-order valence-electron chi connectivity index (χ0n) is 16.3. The minimum Gasteiger partial charge on any atom is -0.288 e. The molecule has 1 unspecified atom stereocenters. The van der Waals surface area contributed by atoms with Gasteiger partial charge in [-0.1, -0.05) is 42.8 Å². The summed E-state index contributed by atoms with van der Waals surface area (Å²) in [6.45, 7) is 5.08. The van der Waals surface area contributed by atoms with Crippen LogP contribution < -0.4 is 0 Å². The fourth-order valence-electron chi connectivity index (χ4n) is 4.83. The molecule has 5 rings (SSSR count). The second-order valence-electron chi connectivity index (χ2n) is 8.32. The van der Waals surface area contributed by atoms with Crippen LogP contribution in [0.1, 0.15) is 43.0 Å². The number of aliphatic imine (C=N–C) groups is 1. The lowest BCUT2D eigenvalue weighted by Crippen LogP contribution is -2.37. The lowest BCUT2D eigenvalue weighted by atomic mass is 9.68. The number of benzene rings is 2. The summed E-state index contributed by atoms with van der Waals surface area (Å²) in [4.78, 5) is 5.24. The van der Waals surface area contributed by atoms with Crippen LogP contribution in [0.15, 0.2) is 58.4 Å². The smallest absolute Gasteiger partial charge is 0.268 e. The van der Waals surface area contributed by atoms with Crippen LogP contribution >= 0.6 is 0 Å². The Morgan fingerprint density at radius 2 is 1.79 bits per heavy atom. The molecule has 0 radical (unpaired) electrons. The third kappa shape index (κ3) is 2.42. The first-order valence-corrected chi connectivity index (χ1v) is 11.4. The Morgan fingerprint density at radius 1 is 1.04 bits per heavy atom. The Morgan fingerprint density at radius 3 is 2.57 bits per heavy atom. The number of nitrogens with zero attached hydrogens (tertiary/aromatic N) is 2. The molecule has 1 aliphatic heterocycles. The van der Waals surface area contributed by atoms with E-state index in [1.54, 1.807) is 16.1 Å². The molecule has 28 heavy (non-hydrogen) atoms. The molecular weight excluding hydrogens is 368 g/mol. The molecule has 4 nitrogen and oxygen atoms in total. The van der Waals surface area contributed by atoms with Crippen molar-refractivity contribution in [3.05, 3.63) is 65.4 Å². The second kappa shape index (κ2) is 6.05. The standard InChI is InChI=1S/C23H24N2O2S/c1-16-8-10-17(11-9-16)28(26,27)25-19-7-4-3-6-18(19)21-20(25)12-14-23(2)13-5-15-24-22(21)23/h3-4,6-11H,5,12-15H2,1-2H3. The van der Waals surface area contributed by atoms with Crippen LogP contribution in [-0.2, 0) is 16.4 Å². The first kappa shape index (κ1) is 17.7. The van der Waals surface area contributed by atoms with E-state index in [9.17, 15) is 8.42 Å². The van der Waals surface area contributed by atoms with Crippen LogP contribution in [0.5, 0.6) is 0 Å². The van der Waals surface area contributed by atoms with E-state index in [2.05, 4.69) is 6.92 Å². The van der Waals surface area contributed by atoms with E-state index in [-0.39, 0.29) is 5.41 Å². The van der Waals surface area contributed by atoms with Gasteiger partial charge < -0.3 is 0 Å². The number of hydrogen-bond donors (Lipinski definition) is 0. The van der Waals surface area contributed by atoms with Gasteiger partial charge in [-0.05, 0) is 50.8 Å². The Balaban J connectivity index is 1.83. The minimum atomic E-state index is -3.68. The van der Waals surface area contributed by atoms with Crippen molar-refractivity contribution in [2.75, 3.05) is 6.54 Å². The van der Waals surface area contributed by atoms with E-state index >= 15 is 0 Å². The van der Waals surface area contributed by atoms with E-state index in [0.717, 1.165) is 65.7 Å². The SMILES string of the molecule is Cc1ccc(S(=O)(=O)n2c3c(c4ccccc42)C2=NCCCC2(C)CC3)cc1. The summed E-state index contributed by atoms with van der Waals surface area (Å²) < 4.78 is 28.9. The van der Waals surface area contributed by atoms with E-state index in [1.165, 1.54) is 0 Å². The fraction of sp³-hybridized carbons (Fsp3) is 0.348. The van der Waals surface area contributed by atoms with E-state index in [1.807, 2.05) is 43.3 Å². The monoisotopic (exact) mass is 392 g/mol. The van der Waals surface area contributed by atoms with Crippen molar-refractivity contribution in [2.45, 2.75) is 44.4 Å². The van der Waals surface area contributed by atoms with Gasteiger partial charge >= 0.3 is 0 Å². The number of aromatic nitrogens is 1. The van der Waals surface area contributed by atoms with Gasteiger partial charge in [0.25, 0.3) is 10.0 Å². The van der Waals surface area contributed by atoms with Crippen molar-refractivity contribution >= 4 is 26.6 Å². The highest BCUT2D eigenvalue weighted by molar-refractivity contribution is 7.90. The van der Waals surface area contributed by atoms with Gasteiger partial charge in [-0.3, -0.25) is 4.99 Å². The maximum absolute atomic E-state index is 13.7. The molecular formula is C23H24N2O2S. The minimum absolute atomic E-state index is 0.0494. The van der Waals surface area contributed by atoms with Gasteiger partial charge in [-0.25, -0.2) is 12.4 Å². The number of rotatable bonds is 2.